The number of nitrogens with one attached hydrogen (secondary N) is 1. The number of anilines is 2. The molecule has 5 heteroatoms. The van der Waals surface area contributed by atoms with E-state index in [1.807, 2.05) is 24.3 Å². The number of carbonyl (C=O) groups is 2. The van der Waals surface area contributed by atoms with Gasteiger partial charge in [-0.2, -0.15) is 0 Å². The molecule has 28 heavy (non-hydrogen) atoms. The lowest BCUT2D eigenvalue weighted by molar-refractivity contribution is -0.116. The van der Waals surface area contributed by atoms with Crippen LogP contribution in [0.5, 0.6) is 0 Å². The van der Waals surface area contributed by atoms with Crippen LogP contribution in [-0.2, 0) is 4.79 Å². The molecule has 3 rings (SSSR count). The van der Waals surface area contributed by atoms with Gasteiger partial charge in [-0.1, -0.05) is 18.1 Å². The predicted octanol–water partition coefficient (Wildman–Crippen LogP) is 3.72. The Kier molecular flexibility index (Phi) is 5.83. The zero-order valence-electron chi connectivity index (χ0n) is 15.6. The third-order valence-electron chi connectivity index (χ3n) is 4.11. The van der Waals surface area contributed by atoms with Gasteiger partial charge in [0.15, 0.2) is 0 Å². The topological polar surface area (TPSA) is 62.3 Å². The maximum Gasteiger partial charge on any atom is 0.255 e. The van der Waals surface area contributed by atoms with Crippen LogP contribution in [0.25, 0.3) is 0 Å². The van der Waals surface area contributed by atoms with Crippen LogP contribution in [0.3, 0.4) is 0 Å². The highest BCUT2D eigenvalue weighted by Gasteiger charge is 2.08. The molecule has 2 amide bonds. The molecule has 1 aromatic heterocycles. The smallest absolute Gasteiger partial charge is 0.255 e. The quantitative estimate of drug-likeness (QED) is 0.716. The second kappa shape index (κ2) is 8.65. The maximum absolute atomic E-state index is 12.5. The SMILES string of the molecule is CC(=O)N(C)c1ccc(NC(=O)c2cccc(C#Cc3ccccn3)c2)cc1. The summed E-state index contributed by atoms with van der Waals surface area (Å²) in [6.07, 6.45) is 1.69. The van der Waals surface area contributed by atoms with Crippen LogP contribution in [0, 0.1) is 11.8 Å². The van der Waals surface area contributed by atoms with Gasteiger partial charge < -0.3 is 10.2 Å². The number of hydrogen-bond donors (Lipinski definition) is 1. The van der Waals surface area contributed by atoms with Crippen molar-refractivity contribution < 1.29 is 9.59 Å². The van der Waals surface area contributed by atoms with Crippen molar-refractivity contribution in [3.8, 4) is 11.8 Å². The van der Waals surface area contributed by atoms with Crippen molar-refractivity contribution in [3.05, 3.63) is 89.7 Å². The van der Waals surface area contributed by atoms with E-state index in [9.17, 15) is 9.59 Å². The summed E-state index contributed by atoms with van der Waals surface area (Å²) >= 11 is 0. The molecule has 2 aromatic carbocycles. The number of aromatic nitrogens is 1. The summed E-state index contributed by atoms with van der Waals surface area (Å²) in [5.74, 6) is 5.72. The monoisotopic (exact) mass is 369 g/mol. The fourth-order valence-corrected chi connectivity index (χ4v) is 2.46. The zero-order chi connectivity index (χ0) is 19.9. The lowest BCUT2D eigenvalue weighted by Crippen LogP contribution is -2.22. The Bertz CT molecular complexity index is 1050. The predicted molar refractivity (Wildman–Crippen MR) is 110 cm³/mol. The molecule has 0 bridgehead atoms. The van der Waals surface area contributed by atoms with Gasteiger partial charge in [-0.3, -0.25) is 9.59 Å². The molecule has 0 saturated heterocycles. The van der Waals surface area contributed by atoms with Crippen LogP contribution in [0.1, 0.15) is 28.5 Å². The maximum atomic E-state index is 12.5. The summed E-state index contributed by atoms with van der Waals surface area (Å²) in [6.45, 7) is 1.50. The summed E-state index contributed by atoms with van der Waals surface area (Å²) in [7, 11) is 1.70. The molecule has 0 fully saturated rings. The molecule has 0 unspecified atom stereocenters. The van der Waals surface area contributed by atoms with E-state index in [1.165, 1.54) is 11.8 Å². The van der Waals surface area contributed by atoms with Crippen LogP contribution < -0.4 is 10.2 Å². The first-order valence-corrected chi connectivity index (χ1v) is 8.72. The van der Waals surface area contributed by atoms with E-state index >= 15 is 0 Å². The largest absolute Gasteiger partial charge is 0.322 e. The Hall–Kier alpha value is -3.91. The molecule has 138 valence electrons. The Morgan fingerprint density at radius 2 is 1.75 bits per heavy atom. The van der Waals surface area contributed by atoms with Crippen LogP contribution >= 0.6 is 0 Å². The molecule has 0 aliphatic carbocycles. The van der Waals surface area contributed by atoms with Gasteiger partial charge in [-0.05, 0) is 60.5 Å². The minimum Gasteiger partial charge on any atom is -0.322 e. The highest BCUT2D eigenvalue weighted by atomic mass is 16.2. The molecule has 3 aromatic rings. The van der Waals surface area contributed by atoms with Crippen LogP contribution in [0.2, 0.25) is 0 Å². The van der Waals surface area contributed by atoms with Gasteiger partial charge in [-0.25, -0.2) is 4.98 Å². The third kappa shape index (κ3) is 4.83. The lowest BCUT2D eigenvalue weighted by atomic mass is 10.1. The van der Waals surface area contributed by atoms with Gasteiger partial charge in [0, 0.05) is 42.7 Å². The molecule has 1 heterocycles. The highest BCUT2D eigenvalue weighted by molar-refractivity contribution is 6.04. The zero-order valence-corrected chi connectivity index (χ0v) is 15.6. The number of nitrogens with zero attached hydrogens (tertiary/aromatic N) is 2. The highest BCUT2D eigenvalue weighted by Crippen LogP contribution is 2.18. The molecule has 0 aliphatic rings. The fourth-order valence-electron chi connectivity index (χ4n) is 2.46. The Balaban J connectivity index is 1.71. The summed E-state index contributed by atoms with van der Waals surface area (Å²) in [5, 5.41) is 2.85. The Labute approximate surface area is 164 Å². The summed E-state index contributed by atoms with van der Waals surface area (Å²) < 4.78 is 0. The van der Waals surface area contributed by atoms with Crippen molar-refractivity contribution in [1.29, 1.82) is 0 Å². The molecular weight excluding hydrogens is 350 g/mol. The van der Waals surface area contributed by atoms with Gasteiger partial charge in [0.1, 0.15) is 5.69 Å². The minimum atomic E-state index is -0.228. The van der Waals surface area contributed by atoms with E-state index < -0.39 is 0 Å². The van der Waals surface area contributed by atoms with E-state index in [2.05, 4.69) is 22.1 Å². The van der Waals surface area contributed by atoms with E-state index in [4.69, 9.17) is 0 Å². The molecule has 0 spiro atoms. The summed E-state index contributed by atoms with van der Waals surface area (Å²) in [6, 6.07) is 19.7. The van der Waals surface area contributed by atoms with Crippen LogP contribution in [-0.4, -0.2) is 23.8 Å². The Morgan fingerprint density at radius 1 is 0.964 bits per heavy atom. The number of benzene rings is 2. The first kappa shape index (κ1) is 18.9. The second-order valence-corrected chi connectivity index (χ2v) is 6.12. The van der Waals surface area contributed by atoms with E-state index in [1.54, 1.807) is 55.7 Å². The van der Waals surface area contributed by atoms with Crippen molar-refractivity contribution in [2.24, 2.45) is 0 Å². The van der Waals surface area contributed by atoms with Crippen LogP contribution in [0.15, 0.2) is 72.9 Å². The minimum absolute atomic E-state index is 0.0552. The number of carbonyl (C=O) groups excluding carboxylic acids is 2. The van der Waals surface area contributed by atoms with Gasteiger partial charge >= 0.3 is 0 Å². The molecule has 0 aliphatic heterocycles. The lowest BCUT2D eigenvalue weighted by Gasteiger charge is -2.15. The molecule has 5 nitrogen and oxygen atoms in total. The van der Waals surface area contributed by atoms with E-state index in [0.717, 1.165) is 11.3 Å². The fraction of sp³-hybridized carbons (Fsp3) is 0.0870. The number of pyridine rings is 1. The molecule has 0 atom stereocenters. The molecule has 1 N–H and O–H groups in total. The molecular formula is C23H19N3O2. The second-order valence-electron chi connectivity index (χ2n) is 6.12. The average molecular weight is 369 g/mol. The standard InChI is InChI=1S/C23H19N3O2/c1-17(27)26(2)22-13-11-21(12-14-22)25-23(28)19-7-5-6-18(16-19)9-10-20-8-3-4-15-24-20/h3-8,11-16H,1-2H3,(H,25,28). The third-order valence-corrected chi connectivity index (χ3v) is 4.11. The Morgan fingerprint density at radius 3 is 2.43 bits per heavy atom. The number of amides is 2. The van der Waals surface area contributed by atoms with E-state index in [0.29, 0.717) is 16.9 Å². The van der Waals surface area contributed by atoms with Crippen molar-refractivity contribution in [2.75, 3.05) is 17.3 Å². The first-order valence-electron chi connectivity index (χ1n) is 8.72. The van der Waals surface area contributed by atoms with Crippen molar-refractivity contribution in [2.45, 2.75) is 6.92 Å². The summed E-state index contributed by atoms with van der Waals surface area (Å²) in [5.41, 5.74) is 3.33. The van der Waals surface area contributed by atoms with Gasteiger partial charge in [-0.15, -0.1) is 0 Å². The first-order chi connectivity index (χ1) is 13.5. The summed E-state index contributed by atoms with van der Waals surface area (Å²) in [4.78, 5) is 29.6. The van der Waals surface area contributed by atoms with Gasteiger partial charge in [0.2, 0.25) is 5.91 Å². The number of rotatable bonds is 3. The molecule has 0 saturated carbocycles. The number of hydrogen-bond acceptors (Lipinski definition) is 3. The van der Waals surface area contributed by atoms with Crippen molar-refractivity contribution in [1.82, 2.24) is 4.98 Å². The van der Waals surface area contributed by atoms with Crippen molar-refractivity contribution in [3.63, 3.8) is 0 Å². The van der Waals surface area contributed by atoms with Gasteiger partial charge in [0.05, 0.1) is 0 Å². The normalized spacial score (nSPS) is 9.79. The van der Waals surface area contributed by atoms with Crippen LogP contribution in [0.4, 0.5) is 11.4 Å². The average Bonchev–Trinajstić information content (AvgIpc) is 2.73. The van der Waals surface area contributed by atoms with Crippen molar-refractivity contribution >= 4 is 23.2 Å². The van der Waals surface area contributed by atoms with Gasteiger partial charge in [0.25, 0.3) is 5.91 Å². The molecule has 0 radical (unpaired) electrons. The van der Waals surface area contributed by atoms with E-state index in [-0.39, 0.29) is 11.8 Å².